The first kappa shape index (κ1) is 19.4. The second-order valence-corrected chi connectivity index (χ2v) is 6.74. The van der Waals surface area contributed by atoms with Crippen LogP contribution in [0, 0.1) is 0 Å². The minimum atomic E-state index is 0.168. The van der Waals surface area contributed by atoms with E-state index >= 15 is 0 Å². The van der Waals surface area contributed by atoms with Gasteiger partial charge in [-0.3, -0.25) is 0 Å². The quantitative estimate of drug-likeness (QED) is 0.673. The predicted octanol–water partition coefficient (Wildman–Crippen LogP) is 3.68. The van der Waals surface area contributed by atoms with E-state index in [4.69, 9.17) is 14.2 Å². The van der Waals surface area contributed by atoms with Gasteiger partial charge in [0.05, 0.1) is 26.8 Å². The first-order chi connectivity index (χ1) is 13.2. The molecular weight excluding hydrogens is 340 g/mol. The summed E-state index contributed by atoms with van der Waals surface area (Å²) >= 11 is 0. The Morgan fingerprint density at radius 2 is 1.37 bits per heavy atom. The second kappa shape index (κ2) is 9.00. The van der Waals surface area contributed by atoms with Crippen molar-refractivity contribution in [2.24, 2.45) is 0 Å². The van der Waals surface area contributed by atoms with Gasteiger partial charge >= 0.3 is 0 Å². The molecule has 1 saturated heterocycles. The molecule has 1 fully saturated rings. The molecule has 0 unspecified atom stereocenters. The fraction of sp³-hybridized carbons (Fsp3) is 0.455. The van der Waals surface area contributed by atoms with Crippen LogP contribution in [0.4, 0.5) is 5.69 Å². The van der Waals surface area contributed by atoms with Crippen LogP contribution in [0.1, 0.15) is 13.8 Å². The van der Waals surface area contributed by atoms with Gasteiger partial charge in [0.25, 0.3) is 0 Å². The van der Waals surface area contributed by atoms with Crippen molar-refractivity contribution < 1.29 is 14.2 Å². The van der Waals surface area contributed by atoms with E-state index in [2.05, 4.69) is 35.8 Å². The third-order valence-electron chi connectivity index (χ3n) is 5.30. The molecule has 3 rings (SSSR count). The average Bonchev–Trinajstić information content (AvgIpc) is 2.72. The number of anilines is 1. The van der Waals surface area contributed by atoms with Crippen LogP contribution >= 0.6 is 0 Å². The van der Waals surface area contributed by atoms with E-state index in [1.165, 1.54) is 5.69 Å². The van der Waals surface area contributed by atoms with Crippen LogP contribution in [-0.4, -0.2) is 57.4 Å². The summed E-state index contributed by atoms with van der Waals surface area (Å²) in [5, 5.41) is 0. The van der Waals surface area contributed by atoms with Crippen molar-refractivity contribution in [3.63, 3.8) is 0 Å². The van der Waals surface area contributed by atoms with Crippen LogP contribution in [0.2, 0.25) is 0 Å². The minimum absolute atomic E-state index is 0.168. The van der Waals surface area contributed by atoms with Gasteiger partial charge in [0, 0.05) is 12.2 Å². The van der Waals surface area contributed by atoms with Gasteiger partial charge in [-0.15, -0.1) is 0 Å². The van der Waals surface area contributed by atoms with Gasteiger partial charge in [-0.05, 0) is 61.6 Å². The fourth-order valence-corrected chi connectivity index (χ4v) is 3.49. The van der Waals surface area contributed by atoms with Crippen molar-refractivity contribution in [1.29, 1.82) is 0 Å². The summed E-state index contributed by atoms with van der Waals surface area (Å²) in [4.78, 5) is 4.87. The Morgan fingerprint density at radius 3 is 1.89 bits per heavy atom. The van der Waals surface area contributed by atoms with Gasteiger partial charge in [-0.2, -0.15) is 0 Å². The van der Waals surface area contributed by atoms with Crippen LogP contribution < -0.4 is 19.1 Å². The highest BCUT2D eigenvalue weighted by atomic mass is 16.5. The number of hydrogen-bond donors (Lipinski definition) is 0. The Hall–Kier alpha value is -2.40. The topological polar surface area (TPSA) is 34.2 Å². The normalized spacial score (nSPS) is 18.9. The molecule has 2 atom stereocenters. The summed E-state index contributed by atoms with van der Waals surface area (Å²) in [5.41, 5.74) is 1.21. The molecule has 1 heterocycles. The monoisotopic (exact) mass is 370 g/mol. The van der Waals surface area contributed by atoms with E-state index in [1.54, 1.807) is 14.2 Å². The summed E-state index contributed by atoms with van der Waals surface area (Å²) in [6.45, 7) is 8.36. The largest absolute Gasteiger partial charge is 0.497 e. The highest BCUT2D eigenvalue weighted by Gasteiger charge is 2.41. The molecular formula is C22H30N2O3. The summed E-state index contributed by atoms with van der Waals surface area (Å²) in [7, 11) is 3.37. The number of hydrogen-bond acceptors (Lipinski definition) is 5. The van der Waals surface area contributed by atoms with E-state index in [-0.39, 0.29) is 6.10 Å². The van der Waals surface area contributed by atoms with Crippen LogP contribution in [0.15, 0.2) is 48.5 Å². The van der Waals surface area contributed by atoms with Gasteiger partial charge in [-0.1, -0.05) is 13.8 Å². The Bertz CT molecular complexity index is 699. The highest BCUT2D eigenvalue weighted by molar-refractivity contribution is 5.53. The molecule has 5 nitrogen and oxygen atoms in total. The molecule has 0 aromatic heterocycles. The molecule has 0 radical (unpaired) electrons. The lowest BCUT2D eigenvalue weighted by Crippen LogP contribution is -2.66. The zero-order chi connectivity index (χ0) is 19.2. The van der Waals surface area contributed by atoms with Crippen molar-refractivity contribution in [2.45, 2.75) is 26.0 Å². The molecule has 5 heteroatoms. The standard InChI is InChI=1S/C22H30N2O3/c1-5-23(6-2)15-21-22(27-20-13-11-19(26-4)12-14-20)16-24(21)17-7-9-18(25-3)10-8-17/h7-14,21-22H,5-6,15-16H2,1-4H3/t21-,22-/m1/s1. The van der Waals surface area contributed by atoms with Gasteiger partial charge in [-0.25, -0.2) is 0 Å². The third kappa shape index (κ3) is 4.48. The number of rotatable bonds is 9. The summed E-state index contributed by atoms with van der Waals surface area (Å²) in [6.07, 6.45) is 0.168. The smallest absolute Gasteiger partial charge is 0.138 e. The average molecular weight is 370 g/mol. The van der Waals surface area contributed by atoms with Gasteiger partial charge < -0.3 is 24.0 Å². The maximum atomic E-state index is 6.30. The molecule has 2 aromatic rings. The SMILES string of the molecule is CCN(CC)C[C@@H]1[C@H](Oc2ccc(OC)cc2)CN1c1ccc(OC)cc1. The lowest BCUT2D eigenvalue weighted by molar-refractivity contribution is 0.0906. The molecule has 0 aliphatic carbocycles. The first-order valence-electron chi connectivity index (χ1n) is 9.62. The molecule has 27 heavy (non-hydrogen) atoms. The van der Waals surface area contributed by atoms with Gasteiger partial charge in [0.1, 0.15) is 23.4 Å². The van der Waals surface area contributed by atoms with Crippen molar-refractivity contribution >= 4 is 5.69 Å². The Kier molecular flexibility index (Phi) is 6.45. The molecule has 146 valence electrons. The van der Waals surface area contributed by atoms with Crippen molar-refractivity contribution in [1.82, 2.24) is 4.90 Å². The highest BCUT2D eigenvalue weighted by Crippen LogP contribution is 2.32. The van der Waals surface area contributed by atoms with E-state index in [0.717, 1.165) is 43.4 Å². The first-order valence-corrected chi connectivity index (χ1v) is 9.62. The lowest BCUT2D eigenvalue weighted by atomic mass is 9.96. The van der Waals surface area contributed by atoms with E-state index in [9.17, 15) is 0 Å². The fourth-order valence-electron chi connectivity index (χ4n) is 3.49. The Morgan fingerprint density at radius 1 is 0.852 bits per heavy atom. The number of benzene rings is 2. The number of nitrogens with zero attached hydrogens (tertiary/aromatic N) is 2. The number of likely N-dealkylation sites (N-methyl/N-ethyl adjacent to an activating group) is 1. The molecule has 0 N–H and O–H groups in total. The predicted molar refractivity (Wildman–Crippen MR) is 109 cm³/mol. The van der Waals surface area contributed by atoms with Crippen LogP contribution in [-0.2, 0) is 0 Å². The zero-order valence-corrected chi connectivity index (χ0v) is 16.7. The zero-order valence-electron chi connectivity index (χ0n) is 16.7. The van der Waals surface area contributed by atoms with E-state index in [1.807, 2.05) is 36.4 Å². The van der Waals surface area contributed by atoms with Crippen LogP contribution in [0.25, 0.3) is 0 Å². The van der Waals surface area contributed by atoms with Crippen molar-refractivity contribution in [3.8, 4) is 17.2 Å². The maximum absolute atomic E-state index is 6.30. The van der Waals surface area contributed by atoms with Gasteiger partial charge in [0.15, 0.2) is 0 Å². The van der Waals surface area contributed by atoms with Crippen LogP contribution in [0.5, 0.6) is 17.2 Å². The minimum Gasteiger partial charge on any atom is -0.497 e. The molecule has 0 saturated carbocycles. The summed E-state index contributed by atoms with van der Waals surface area (Å²) < 4.78 is 16.8. The van der Waals surface area contributed by atoms with Crippen LogP contribution in [0.3, 0.4) is 0 Å². The number of methoxy groups -OCH3 is 2. The lowest BCUT2D eigenvalue weighted by Gasteiger charge is -2.50. The van der Waals surface area contributed by atoms with E-state index < -0.39 is 0 Å². The molecule has 2 aromatic carbocycles. The van der Waals surface area contributed by atoms with E-state index in [0.29, 0.717) is 6.04 Å². The molecule has 0 spiro atoms. The van der Waals surface area contributed by atoms with Gasteiger partial charge in [0.2, 0.25) is 0 Å². The Labute approximate surface area is 162 Å². The third-order valence-corrected chi connectivity index (χ3v) is 5.30. The summed E-state index contributed by atoms with van der Waals surface area (Å²) in [5.74, 6) is 2.61. The molecule has 0 amide bonds. The number of ether oxygens (including phenoxy) is 3. The van der Waals surface area contributed by atoms with Crippen molar-refractivity contribution in [2.75, 3.05) is 45.3 Å². The summed E-state index contributed by atoms with van der Waals surface area (Å²) in [6, 6.07) is 16.4. The molecule has 1 aliphatic rings. The molecule has 0 bridgehead atoms. The maximum Gasteiger partial charge on any atom is 0.138 e. The second-order valence-electron chi connectivity index (χ2n) is 6.74. The van der Waals surface area contributed by atoms with Crippen molar-refractivity contribution in [3.05, 3.63) is 48.5 Å². The molecule has 1 aliphatic heterocycles. The Balaban J connectivity index is 1.72.